The van der Waals surface area contributed by atoms with Gasteiger partial charge in [0, 0.05) is 5.39 Å². The summed E-state index contributed by atoms with van der Waals surface area (Å²) in [6.45, 7) is 6.48. The summed E-state index contributed by atoms with van der Waals surface area (Å²) in [5.41, 5.74) is 0.854. The maximum absolute atomic E-state index is 6.01. The second kappa shape index (κ2) is 6.25. The van der Waals surface area contributed by atoms with Crippen LogP contribution in [0, 0.1) is 5.92 Å². The first-order valence-corrected chi connectivity index (χ1v) is 7.25. The van der Waals surface area contributed by atoms with Gasteiger partial charge in [-0.1, -0.05) is 32.0 Å². The minimum absolute atomic E-state index is 0.154. The SMILES string of the molecule is CC(C)CC(C)Oc1nc(CCl)cc2ccccc12. The third-order valence-corrected chi connectivity index (χ3v) is 3.29. The van der Waals surface area contributed by atoms with E-state index >= 15 is 0 Å². The van der Waals surface area contributed by atoms with Crippen molar-refractivity contribution >= 4 is 22.4 Å². The fourth-order valence-electron chi connectivity index (χ4n) is 2.28. The molecule has 2 nitrogen and oxygen atoms in total. The van der Waals surface area contributed by atoms with Crippen LogP contribution >= 0.6 is 11.6 Å². The van der Waals surface area contributed by atoms with Crippen LogP contribution in [-0.4, -0.2) is 11.1 Å². The molecule has 19 heavy (non-hydrogen) atoms. The number of hydrogen-bond donors (Lipinski definition) is 0. The molecule has 0 fully saturated rings. The van der Waals surface area contributed by atoms with Gasteiger partial charge in [-0.15, -0.1) is 11.6 Å². The van der Waals surface area contributed by atoms with E-state index in [1.54, 1.807) is 0 Å². The van der Waals surface area contributed by atoms with Crippen molar-refractivity contribution in [2.75, 3.05) is 0 Å². The molecule has 0 N–H and O–H groups in total. The van der Waals surface area contributed by atoms with Gasteiger partial charge >= 0.3 is 0 Å². The predicted octanol–water partition coefficient (Wildman–Crippen LogP) is 4.79. The molecule has 2 rings (SSSR count). The Kier molecular flexibility index (Phi) is 4.65. The molecule has 0 aliphatic rings. The van der Waals surface area contributed by atoms with Gasteiger partial charge in [0.25, 0.3) is 0 Å². The van der Waals surface area contributed by atoms with Crippen LogP contribution < -0.4 is 4.74 Å². The maximum atomic E-state index is 6.01. The lowest BCUT2D eigenvalue weighted by atomic mass is 10.1. The van der Waals surface area contributed by atoms with E-state index in [0.29, 0.717) is 17.7 Å². The summed E-state index contributed by atoms with van der Waals surface area (Å²) < 4.78 is 6.01. The normalized spacial score (nSPS) is 12.9. The van der Waals surface area contributed by atoms with Crippen LogP contribution in [-0.2, 0) is 5.88 Å². The molecule has 3 heteroatoms. The summed E-state index contributed by atoms with van der Waals surface area (Å²) in [6.07, 6.45) is 1.17. The highest BCUT2D eigenvalue weighted by atomic mass is 35.5. The van der Waals surface area contributed by atoms with E-state index < -0.39 is 0 Å². The number of alkyl halides is 1. The van der Waals surface area contributed by atoms with Crippen molar-refractivity contribution in [3.8, 4) is 5.88 Å². The van der Waals surface area contributed by atoms with E-state index in [2.05, 4.69) is 31.8 Å². The predicted molar refractivity (Wildman–Crippen MR) is 80.8 cm³/mol. The fourth-order valence-corrected chi connectivity index (χ4v) is 2.42. The zero-order chi connectivity index (χ0) is 13.8. The first kappa shape index (κ1) is 14.1. The number of nitrogens with zero attached hydrogens (tertiary/aromatic N) is 1. The summed E-state index contributed by atoms with van der Waals surface area (Å²) >= 11 is 5.90. The van der Waals surface area contributed by atoms with Gasteiger partial charge in [-0.3, -0.25) is 0 Å². The molecule has 1 aromatic heterocycles. The topological polar surface area (TPSA) is 22.1 Å². The largest absolute Gasteiger partial charge is 0.474 e. The van der Waals surface area contributed by atoms with E-state index in [-0.39, 0.29) is 6.10 Å². The highest BCUT2D eigenvalue weighted by molar-refractivity contribution is 6.17. The Morgan fingerprint density at radius 2 is 1.95 bits per heavy atom. The molecule has 2 aromatic rings. The van der Waals surface area contributed by atoms with Crippen LogP contribution in [0.3, 0.4) is 0 Å². The van der Waals surface area contributed by atoms with E-state index in [1.807, 2.05) is 24.3 Å². The second-order valence-corrected chi connectivity index (χ2v) is 5.60. The van der Waals surface area contributed by atoms with Gasteiger partial charge in [0.1, 0.15) is 0 Å². The minimum Gasteiger partial charge on any atom is -0.474 e. The average molecular weight is 278 g/mol. The van der Waals surface area contributed by atoms with Crippen molar-refractivity contribution < 1.29 is 4.74 Å². The van der Waals surface area contributed by atoms with Crippen molar-refractivity contribution in [2.45, 2.75) is 39.2 Å². The fraction of sp³-hybridized carbons (Fsp3) is 0.438. The van der Waals surface area contributed by atoms with Gasteiger partial charge in [-0.05, 0) is 36.8 Å². The lowest BCUT2D eigenvalue weighted by Crippen LogP contribution is -2.15. The molecule has 0 radical (unpaired) electrons. The lowest BCUT2D eigenvalue weighted by molar-refractivity contribution is 0.188. The van der Waals surface area contributed by atoms with Gasteiger partial charge in [-0.25, -0.2) is 4.98 Å². The summed E-state index contributed by atoms with van der Waals surface area (Å²) in [4.78, 5) is 4.51. The van der Waals surface area contributed by atoms with Crippen LogP contribution in [0.1, 0.15) is 32.9 Å². The lowest BCUT2D eigenvalue weighted by Gasteiger charge is -2.17. The first-order chi connectivity index (χ1) is 9.10. The van der Waals surface area contributed by atoms with Crippen LogP contribution in [0.4, 0.5) is 0 Å². The number of halogens is 1. The van der Waals surface area contributed by atoms with Gasteiger partial charge in [-0.2, -0.15) is 0 Å². The molecule has 102 valence electrons. The molecule has 1 aromatic carbocycles. The van der Waals surface area contributed by atoms with E-state index in [0.717, 1.165) is 22.9 Å². The third-order valence-electron chi connectivity index (χ3n) is 3.01. The average Bonchev–Trinajstić information content (AvgIpc) is 2.37. The summed E-state index contributed by atoms with van der Waals surface area (Å²) in [6, 6.07) is 10.1. The molecule has 0 spiro atoms. The highest BCUT2D eigenvalue weighted by Gasteiger charge is 2.11. The van der Waals surface area contributed by atoms with Gasteiger partial charge in [0.05, 0.1) is 17.7 Å². The number of ether oxygens (including phenoxy) is 1. The molecule has 1 atom stereocenters. The quantitative estimate of drug-likeness (QED) is 0.733. The van der Waals surface area contributed by atoms with E-state index in [1.165, 1.54) is 0 Å². The minimum atomic E-state index is 0.154. The smallest absolute Gasteiger partial charge is 0.221 e. The van der Waals surface area contributed by atoms with Gasteiger partial charge < -0.3 is 4.74 Å². The Balaban J connectivity index is 2.35. The summed E-state index contributed by atoms with van der Waals surface area (Å²) in [5, 5.41) is 2.17. The Labute approximate surface area is 119 Å². The number of hydrogen-bond acceptors (Lipinski definition) is 2. The zero-order valence-electron chi connectivity index (χ0n) is 11.7. The van der Waals surface area contributed by atoms with Crippen LogP contribution in [0.15, 0.2) is 30.3 Å². The Morgan fingerprint density at radius 3 is 2.63 bits per heavy atom. The van der Waals surface area contributed by atoms with Crippen molar-refractivity contribution in [1.29, 1.82) is 0 Å². The molecule has 1 heterocycles. The molecule has 0 aliphatic carbocycles. The van der Waals surface area contributed by atoms with Crippen LogP contribution in [0.2, 0.25) is 0 Å². The molecule has 0 saturated heterocycles. The van der Waals surface area contributed by atoms with Crippen molar-refractivity contribution in [3.63, 3.8) is 0 Å². The van der Waals surface area contributed by atoms with Crippen LogP contribution in [0.25, 0.3) is 10.8 Å². The number of pyridine rings is 1. The van der Waals surface area contributed by atoms with Gasteiger partial charge in [0.2, 0.25) is 5.88 Å². The Hall–Kier alpha value is -1.28. The monoisotopic (exact) mass is 277 g/mol. The number of rotatable bonds is 5. The van der Waals surface area contributed by atoms with Crippen molar-refractivity contribution in [3.05, 3.63) is 36.0 Å². The number of fused-ring (bicyclic) bond motifs is 1. The molecular weight excluding hydrogens is 258 g/mol. The Bertz CT molecular complexity index is 553. The Morgan fingerprint density at radius 1 is 1.21 bits per heavy atom. The maximum Gasteiger partial charge on any atom is 0.221 e. The molecule has 0 saturated carbocycles. The van der Waals surface area contributed by atoms with Crippen molar-refractivity contribution in [1.82, 2.24) is 4.98 Å². The van der Waals surface area contributed by atoms with E-state index in [9.17, 15) is 0 Å². The highest BCUT2D eigenvalue weighted by Crippen LogP contribution is 2.26. The second-order valence-electron chi connectivity index (χ2n) is 5.33. The first-order valence-electron chi connectivity index (χ1n) is 6.71. The van der Waals surface area contributed by atoms with Gasteiger partial charge in [0.15, 0.2) is 0 Å². The standard InChI is InChI=1S/C16H20ClNO/c1-11(2)8-12(3)19-16-15-7-5-4-6-13(15)9-14(10-17)18-16/h4-7,9,11-12H,8,10H2,1-3H3. The summed E-state index contributed by atoms with van der Waals surface area (Å²) in [5.74, 6) is 1.71. The number of aromatic nitrogens is 1. The van der Waals surface area contributed by atoms with E-state index in [4.69, 9.17) is 16.3 Å². The van der Waals surface area contributed by atoms with Crippen LogP contribution in [0.5, 0.6) is 5.88 Å². The molecule has 0 aliphatic heterocycles. The molecule has 0 bridgehead atoms. The molecule has 0 amide bonds. The summed E-state index contributed by atoms with van der Waals surface area (Å²) in [7, 11) is 0. The number of benzene rings is 1. The van der Waals surface area contributed by atoms with Crippen molar-refractivity contribution in [2.24, 2.45) is 5.92 Å². The zero-order valence-corrected chi connectivity index (χ0v) is 12.4. The molecule has 1 unspecified atom stereocenters. The molecular formula is C16H20ClNO. The third kappa shape index (κ3) is 3.60.